The molecule has 17 N–H and O–H groups in total. The zero-order chi connectivity index (χ0) is 32.0. The molecule has 19 heteroatoms. The van der Waals surface area contributed by atoms with Crippen molar-refractivity contribution in [3.8, 4) is 0 Å². The third-order valence-corrected chi connectivity index (χ3v) is 7.94. The van der Waals surface area contributed by atoms with Gasteiger partial charge in [-0.05, 0) is 12.8 Å². The van der Waals surface area contributed by atoms with Crippen molar-refractivity contribution in [2.24, 2.45) is 22.9 Å². The molecule has 3 fully saturated rings. The maximum atomic E-state index is 13.9. The number of hydrogen-bond donors (Lipinski definition) is 13. The van der Waals surface area contributed by atoms with Gasteiger partial charge in [-0.15, -0.1) is 0 Å². The molecule has 0 radical (unpaired) electrons. The van der Waals surface area contributed by atoms with Crippen molar-refractivity contribution < 1.29 is 63.9 Å². The van der Waals surface area contributed by atoms with Gasteiger partial charge in [-0.2, -0.15) is 0 Å². The highest BCUT2D eigenvalue weighted by Gasteiger charge is 2.51. The SMILES string of the molecule is NCC(F)C(O)C(=O)N[C@@H]1C[C@H](N)C(O[C@H]2O[C@H](CNCCO)[C@@H](O)C[C@H]2N)[C@H](O)[C@H]1O[C@H]1O[C@H](CO)[C@@H](O)[C@H](N)[C@H]1O. The lowest BCUT2D eigenvalue weighted by Gasteiger charge is -2.48. The van der Waals surface area contributed by atoms with Gasteiger partial charge in [-0.25, -0.2) is 4.39 Å². The highest BCUT2D eigenvalue weighted by atomic mass is 19.1. The molecule has 43 heavy (non-hydrogen) atoms. The van der Waals surface area contributed by atoms with Crippen LogP contribution in [0.2, 0.25) is 0 Å². The lowest BCUT2D eigenvalue weighted by Crippen LogP contribution is -2.69. The van der Waals surface area contributed by atoms with Crippen LogP contribution in [0.4, 0.5) is 4.39 Å². The predicted octanol–water partition coefficient (Wildman–Crippen LogP) is -7.86. The molecular weight excluding hydrogens is 583 g/mol. The van der Waals surface area contributed by atoms with Gasteiger partial charge in [-0.3, -0.25) is 4.79 Å². The van der Waals surface area contributed by atoms with Gasteiger partial charge in [0.2, 0.25) is 0 Å². The Kier molecular flexibility index (Phi) is 13.8. The Balaban J connectivity index is 1.82. The third kappa shape index (κ3) is 8.73. The summed E-state index contributed by atoms with van der Waals surface area (Å²) in [5.41, 5.74) is 23.6. The molecule has 3 aliphatic rings. The van der Waals surface area contributed by atoms with E-state index in [4.69, 9.17) is 47.0 Å². The number of ether oxygens (including phenoxy) is 4. The van der Waals surface area contributed by atoms with Gasteiger partial charge in [0.05, 0.1) is 43.5 Å². The Morgan fingerprint density at radius 1 is 0.930 bits per heavy atom. The standard InChI is InChI=1S/C24H47FN6O12/c25-8(5-26)16(35)22(39)31-11-3-9(27)20(42-23-10(28)4-12(34)13(40-23)6-30-1-2-32)19(38)21(11)43-24-18(37)15(29)17(36)14(7-33)41-24/h8-21,23-24,30,32-38H,1-7,26-29H2,(H,31,39)/t8?,9-,10+,11+,12-,13+,14+,15-,16?,17+,18+,19-,20?,21-,23+,24+/m0/s1. The first-order valence-electron chi connectivity index (χ1n) is 14.2. The lowest BCUT2D eigenvalue weighted by molar-refractivity contribution is -0.316. The Morgan fingerprint density at radius 3 is 2.21 bits per heavy atom. The van der Waals surface area contributed by atoms with Crippen LogP contribution in [0.3, 0.4) is 0 Å². The molecule has 2 heterocycles. The quantitative estimate of drug-likeness (QED) is 0.0840. The number of alkyl halides is 1. The van der Waals surface area contributed by atoms with E-state index in [2.05, 4.69) is 10.6 Å². The molecule has 2 aliphatic heterocycles. The Morgan fingerprint density at radius 2 is 1.58 bits per heavy atom. The van der Waals surface area contributed by atoms with Crippen molar-refractivity contribution in [3.63, 3.8) is 0 Å². The van der Waals surface area contributed by atoms with E-state index in [1.807, 2.05) is 0 Å². The predicted molar refractivity (Wildman–Crippen MR) is 143 cm³/mol. The highest BCUT2D eigenvalue weighted by Crippen LogP contribution is 2.31. The second kappa shape index (κ2) is 16.4. The number of amides is 1. The summed E-state index contributed by atoms with van der Waals surface area (Å²) in [6.45, 7) is -1.07. The van der Waals surface area contributed by atoms with Crippen molar-refractivity contribution in [3.05, 3.63) is 0 Å². The summed E-state index contributed by atoms with van der Waals surface area (Å²) in [5, 5.41) is 76.5. The molecule has 16 atom stereocenters. The highest BCUT2D eigenvalue weighted by molar-refractivity contribution is 5.81. The number of carbonyl (C=O) groups excluding carboxylic acids is 1. The molecule has 252 valence electrons. The topological polar surface area (TPSA) is 324 Å². The van der Waals surface area contributed by atoms with E-state index in [1.165, 1.54) is 0 Å². The van der Waals surface area contributed by atoms with Crippen molar-refractivity contribution in [1.82, 2.24) is 10.6 Å². The number of aliphatic hydroxyl groups is 7. The first-order chi connectivity index (χ1) is 20.3. The molecule has 0 aromatic carbocycles. The normalized spacial score (nSPS) is 43.6. The summed E-state index contributed by atoms with van der Waals surface area (Å²) >= 11 is 0. The van der Waals surface area contributed by atoms with E-state index in [0.29, 0.717) is 0 Å². The summed E-state index contributed by atoms with van der Waals surface area (Å²) in [4.78, 5) is 12.6. The molecule has 1 aliphatic carbocycles. The number of nitrogens with two attached hydrogens (primary N) is 4. The average molecular weight is 631 g/mol. The molecule has 0 aromatic heterocycles. The molecule has 1 saturated carbocycles. The average Bonchev–Trinajstić information content (AvgIpc) is 2.98. The zero-order valence-corrected chi connectivity index (χ0v) is 23.5. The molecule has 0 aromatic rings. The van der Waals surface area contributed by atoms with Crippen LogP contribution in [-0.2, 0) is 23.7 Å². The molecule has 0 bridgehead atoms. The molecule has 18 nitrogen and oxygen atoms in total. The van der Waals surface area contributed by atoms with E-state index < -0.39 is 117 Å². The molecule has 3 unspecified atom stereocenters. The second-order valence-corrected chi connectivity index (χ2v) is 11.1. The molecule has 2 saturated heterocycles. The third-order valence-electron chi connectivity index (χ3n) is 7.94. The summed E-state index contributed by atoms with van der Waals surface area (Å²) in [5.74, 6) is -1.18. The van der Waals surface area contributed by atoms with Gasteiger partial charge in [0.1, 0.15) is 42.8 Å². The van der Waals surface area contributed by atoms with E-state index in [9.17, 15) is 39.8 Å². The largest absolute Gasteiger partial charge is 0.395 e. The number of nitrogens with one attached hydrogen (secondary N) is 2. The van der Waals surface area contributed by atoms with Crippen LogP contribution in [0.1, 0.15) is 12.8 Å². The Hall–Kier alpha value is -1.24. The zero-order valence-electron chi connectivity index (χ0n) is 23.5. The second-order valence-electron chi connectivity index (χ2n) is 11.1. The number of aliphatic hydroxyl groups excluding tert-OH is 7. The van der Waals surface area contributed by atoms with Crippen LogP contribution in [-0.4, -0.2) is 172 Å². The van der Waals surface area contributed by atoms with E-state index in [1.54, 1.807) is 0 Å². The van der Waals surface area contributed by atoms with Gasteiger partial charge < -0.3 is 88.3 Å². The van der Waals surface area contributed by atoms with Crippen LogP contribution in [0.15, 0.2) is 0 Å². The van der Waals surface area contributed by atoms with Gasteiger partial charge in [0.25, 0.3) is 5.91 Å². The molecule has 1 amide bonds. The Bertz CT molecular complexity index is 872. The van der Waals surface area contributed by atoms with Gasteiger partial charge in [-0.1, -0.05) is 0 Å². The Labute approximate surface area is 247 Å². The smallest absolute Gasteiger partial charge is 0.252 e. The number of hydrogen-bond acceptors (Lipinski definition) is 17. The first-order valence-corrected chi connectivity index (χ1v) is 14.2. The van der Waals surface area contributed by atoms with Crippen LogP contribution in [0, 0.1) is 0 Å². The monoisotopic (exact) mass is 630 g/mol. The molecule has 3 rings (SSSR count). The van der Waals surface area contributed by atoms with Crippen molar-refractivity contribution in [2.75, 3.05) is 32.8 Å². The molecular formula is C24H47FN6O12. The first kappa shape index (κ1) is 36.2. The van der Waals surface area contributed by atoms with E-state index in [-0.39, 0.29) is 32.5 Å². The summed E-state index contributed by atoms with van der Waals surface area (Å²) in [7, 11) is 0. The van der Waals surface area contributed by atoms with Crippen molar-refractivity contribution >= 4 is 5.91 Å². The fourth-order valence-corrected chi connectivity index (χ4v) is 5.38. The number of carbonyl (C=O) groups is 1. The maximum Gasteiger partial charge on any atom is 0.252 e. The van der Waals surface area contributed by atoms with Gasteiger partial charge in [0.15, 0.2) is 18.7 Å². The maximum absolute atomic E-state index is 13.9. The fourth-order valence-electron chi connectivity index (χ4n) is 5.38. The minimum Gasteiger partial charge on any atom is -0.395 e. The minimum atomic E-state index is -2.15. The summed E-state index contributed by atoms with van der Waals surface area (Å²) < 4.78 is 37.1. The fraction of sp³-hybridized carbons (Fsp3) is 0.958. The number of rotatable bonds is 13. The van der Waals surface area contributed by atoms with Crippen LogP contribution < -0.4 is 33.6 Å². The minimum absolute atomic E-state index is 0.0705. The van der Waals surface area contributed by atoms with Crippen molar-refractivity contribution in [2.45, 2.75) is 111 Å². The van der Waals surface area contributed by atoms with Gasteiger partial charge in [0, 0.05) is 25.7 Å². The van der Waals surface area contributed by atoms with Crippen LogP contribution >= 0.6 is 0 Å². The van der Waals surface area contributed by atoms with Gasteiger partial charge >= 0.3 is 0 Å². The van der Waals surface area contributed by atoms with Crippen LogP contribution in [0.5, 0.6) is 0 Å². The summed E-state index contributed by atoms with van der Waals surface area (Å²) in [6, 6.07) is -4.40. The molecule has 0 spiro atoms. The van der Waals surface area contributed by atoms with E-state index in [0.717, 1.165) is 0 Å². The summed E-state index contributed by atoms with van der Waals surface area (Å²) in [6.07, 6.45) is -17.7. The van der Waals surface area contributed by atoms with E-state index >= 15 is 0 Å². The number of halogens is 1. The van der Waals surface area contributed by atoms with Crippen molar-refractivity contribution in [1.29, 1.82) is 0 Å². The van der Waals surface area contributed by atoms with Crippen LogP contribution in [0.25, 0.3) is 0 Å². The lowest BCUT2D eigenvalue weighted by atomic mass is 9.83.